The SMILES string of the molecule is C.CC[C@H]1CCC[C@H](O[C@H]2CC[C@H](N(C)C)C(C)O2)[C@@H](C)C(=O)C2=C[C@H]3[C@@H]4C[C@H](O[C@@H]5OC(C)[C@H](OC)C(OC)[C@@H]5OC)C[C@H]4[C@@H]4N[C@@H]4[C@H]3[C@@H]2CC(=O)O1.CC[C@H]1CCC[C@H](O[C@H]2CC[C@H](N(C)C)C(C)O2)[C@@H](C)C(=O)C2=C[C@H]3[C@@H]4C[C@H](O[C@@H]5OC(C)[C@H](OC)C(OC)[C@@H]5OC)C[C@H]4[C@H]4[C@@H]([C@H]3[C@@H]2CC(=O)O1)N4c1ccc2nc(C)ccc2c1.Cc1ccc2cc(Br)ccc2n1. The maximum absolute atomic E-state index is 15.3. The molecule has 720 valence electrons. The van der Waals surface area contributed by atoms with E-state index in [0.717, 1.165) is 139 Å². The number of hydrogen-bond acceptors (Lipinski definition) is 26. The second kappa shape index (κ2) is 42.7. The fourth-order valence-corrected chi connectivity index (χ4v) is 26.4. The van der Waals surface area contributed by atoms with E-state index in [9.17, 15) is 14.4 Å². The first-order chi connectivity index (χ1) is 62.0. The zero-order chi connectivity index (χ0) is 91.4. The third-order valence-electron chi connectivity index (χ3n) is 32.5. The van der Waals surface area contributed by atoms with E-state index < -0.39 is 30.7 Å². The van der Waals surface area contributed by atoms with Crippen LogP contribution in [0.5, 0.6) is 0 Å². The number of Topliss-reactive ketones (excluding diaryl/α,β-unsaturated/α-hetero) is 2. The zero-order valence-electron chi connectivity index (χ0n) is 79.9. The topological polar surface area (TPSA) is 273 Å². The molecule has 10 heterocycles. The number of fused-ring (bicyclic) bond motifs is 18. The number of halogens is 1. The minimum absolute atomic E-state index is 0. The highest BCUT2D eigenvalue weighted by Crippen LogP contribution is 2.66. The Hall–Kier alpha value is -5.38. The summed E-state index contributed by atoms with van der Waals surface area (Å²) >= 11 is 3.42. The molecule has 4 aromatic rings. The van der Waals surface area contributed by atoms with Gasteiger partial charge in [-0.3, -0.25) is 29.1 Å². The summed E-state index contributed by atoms with van der Waals surface area (Å²) in [6.45, 7) is 20.5. The predicted octanol–water partition coefficient (Wildman–Crippen LogP) is 15.3. The van der Waals surface area contributed by atoms with Crippen LogP contribution >= 0.6 is 15.9 Å². The molecular weight excluding hydrogens is 1720 g/mol. The Bertz CT molecular complexity index is 4560. The molecule has 0 spiro atoms. The highest BCUT2D eigenvalue weighted by Gasteiger charge is 2.70. The minimum atomic E-state index is -0.637. The Morgan fingerprint density at radius 2 is 0.908 bits per heavy atom. The molecule has 0 bridgehead atoms. The molecule has 26 nitrogen and oxygen atoms in total. The molecule has 12 fully saturated rings. The van der Waals surface area contributed by atoms with E-state index in [-0.39, 0.29) is 207 Å². The summed E-state index contributed by atoms with van der Waals surface area (Å²) in [5, 5.41) is 6.09. The van der Waals surface area contributed by atoms with E-state index >= 15 is 4.79 Å². The van der Waals surface area contributed by atoms with Crippen LogP contribution in [0.3, 0.4) is 0 Å². The van der Waals surface area contributed by atoms with Gasteiger partial charge in [0, 0.05) is 123 Å². The highest BCUT2D eigenvalue weighted by molar-refractivity contribution is 9.10. The van der Waals surface area contributed by atoms with Crippen molar-refractivity contribution in [3.8, 4) is 0 Å². The number of rotatable bonds is 19. The van der Waals surface area contributed by atoms with E-state index in [1.165, 1.54) is 5.39 Å². The van der Waals surface area contributed by atoms with Crippen molar-refractivity contribution in [2.24, 2.45) is 71.0 Å². The normalized spacial score (nSPS) is 41.8. The van der Waals surface area contributed by atoms with E-state index in [1.54, 1.807) is 42.7 Å². The average molecular weight is 1870 g/mol. The first kappa shape index (κ1) is 99.1. The van der Waals surface area contributed by atoms with Gasteiger partial charge in [0.25, 0.3) is 0 Å². The molecule has 38 atom stereocenters. The second-order valence-electron chi connectivity index (χ2n) is 40.5. The van der Waals surface area contributed by atoms with Gasteiger partial charge in [0.2, 0.25) is 0 Å². The Balaban J connectivity index is 0.000000177. The monoisotopic (exact) mass is 1870 g/mol. The third-order valence-corrected chi connectivity index (χ3v) is 33.0. The van der Waals surface area contributed by atoms with Crippen LogP contribution in [0.25, 0.3) is 21.8 Å². The third kappa shape index (κ3) is 20.6. The van der Waals surface area contributed by atoms with Crippen LogP contribution in [0.1, 0.15) is 190 Å². The van der Waals surface area contributed by atoms with E-state index in [1.807, 2.05) is 59.7 Å². The second-order valence-corrected chi connectivity index (χ2v) is 41.4. The van der Waals surface area contributed by atoms with Crippen LogP contribution in [0.4, 0.5) is 5.69 Å². The molecule has 1 N–H and O–H groups in total. The number of cyclic esters (lactones) is 2. The average Bonchev–Trinajstić information content (AvgIpc) is 1.51. The number of esters is 2. The summed E-state index contributed by atoms with van der Waals surface area (Å²) in [5.74, 6) is 0.249. The largest absolute Gasteiger partial charge is 0.462 e. The molecule has 6 aliphatic carbocycles. The van der Waals surface area contributed by atoms with Crippen LogP contribution in [0.2, 0.25) is 0 Å². The van der Waals surface area contributed by atoms with Crippen molar-refractivity contribution >= 4 is 66.9 Å². The first-order valence-corrected chi connectivity index (χ1v) is 49.4. The first-order valence-electron chi connectivity index (χ1n) is 48.7. The molecule has 4 saturated carbocycles. The number of nitrogens with one attached hydrogen (secondary N) is 1. The minimum Gasteiger partial charge on any atom is -0.462 e. The number of hydrogen-bond donors (Lipinski definition) is 1. The van der Waals surface area contributed by atoms with Crippen molar-refractivity contribution in [3.63, 3.8) is 0 Å². The molecule has 0 radical (unpaired) electrons. The van der Waals surface area contributed by atoms with Gasteiger partial charge in [-0.15, -0.1) is 0 Å². The van der Waals surface area contributed by atoms with Crippen molar-refractivity contribution in [3.05, 3.63) is 99.8 Å². The number of aromatic nitrogens is 2. The Morgan fingerprint density at radius 1 is 0.469 bits per heavy atom. The van der Waals surface area contributed by atoms with Gasteiger partial charge in [-0.1, -0.05) is 75.3 Å². The zero-order valence-corrected chi connectivity index (χ0v) is 81.5. The van der Waals surface area contributed by atoms with E-state index in [4.69, 9.17) is 80.8 Å². The fourth-order valence-electron chi connectivity index (χ4n) is 26.0. The summed E-state index contributed by atoms with van der Waals surface area (Å²) in [5.41, 5.74) is 6.79. The van der Waals surface area contributed by atoms with Gasteiger partial charge in [0.05, 0.1) is 84.8 Å². The number of aryl methyl sites for hydroxylation is 2. The van der Waals surface area contributed by atoms with E-state index in [2.05, 4.69) is 151 Å². The molecule has 8 aliphatic heterocycles. The van der Waals surface area contributed by atoms with Crippen LogP contribution in [0.15, 0.2) is 88.4 Å². The van der Waals surface area contributed by atoms with Crippen molar-refractivity contribution in [2.75, 3.05) is 75.7 Å². The number of pyridine rings is 2. The Morgan fingerprint density at radius 3 is 1.37 bits per heavy atom. The number of likely N-dealkylation sites (N-methyl/N-ethyl adjacent to an activating group) is 2. The molecule has 2 aromatic carbocycles. The van der Waals surface area contributed by atoms with Crippen molar-refractivity contribution in [1.29, 1.82) is 0 Å². The van der Waals surface area contributed by atoms with Gasteiger partial charge in [0.15, 0.2) is 36.7 Å². The summed E-state index contributed by atoms with van der Waals surface area (Å²) in [4.78, 5) is 74.1. The van der Waals surface area contributed by atoms with Gasteiger partial charge in [-0.2, -0.15) is 0 Å². The molecule has 18 rings (SSSR count). The number of anilines is 1. The highest BCUT2D eigenvalue weighted by atomic mass is 79.9. The number of nitrogens with zero attached hydrogens (tertiary/aromatic N) is 5. The van der Waals surface area contributed by atoms with Crippen molar-refractivity contribution < 1.29 is 95.0 Å². The number of allylic oxidation sites excluding steroid dienone is 4. The van der Waals surface area contributed by atoms with Gasteiger partial charge < -0.3 is 95.8 Å². The predicted molar refractivity (Wildman–Crippen MR) is 498 cm³/mol. The summed E-state index contributed by atoms with van der Waals surface area (Å²) in [6.07, 6.45) is 12.3. The van der Waals surface area contributed by atoms with Crippen LogP contribution in [-0.2, 0) is 95.0 Å². The smallest absolute Gasteiger partial charge is 0.306 e. The standard InChI is InChI=1S/C51H73N3O10.C41H66N2O10.C10H8BrN.CH4/c1-11-32-13-12-14-41(64-43-20-19-40(53(6)7)28(4)60-43)27(3)47(56)38-24-35-34-22-33(63-51-50(59-10)49(58-9)48(57-8)29(5)61-51)23-37(34)45-46(44(35)36(38)25-42(55)62-32)54(45)31-17-18-39-30(21-31)16-15-26(2)52-39;1-10-23-12-11-13-31(53-33-15-14-30(43(5)6)21(3)49-33)20(2)37(45)29-18-26-25-16-24(52-41-40(48-9)39(47-8)38(46-7)22(4)50-41)17-28(25)35-36(42-35)34(26)27(29)19-32(44)51-23;1-7-2-3-8-6-9(11)4-5-10(8)12-7;/h15-18,21,24,27-29,32-37,40-41,43-46,48-51H,11-14,19-20,22-23,25H2,1-10H3;18,20-28,30-31,33-36,38-42H,10-17,19H2,1-9H3;2-6H,1H3;1H4/t27-,28?,29?,32+,33+,34+,35+,36-,37-,40+,41+,43+,44-,45+,46-,48+,49?,50+,51+,54?;20-,21?,22?,23+,24+,25+,26+,27-,28-,30+,31+,33+,34-,35+,36-,38+,39?,40+,41+;;/m11../s1. The molecule has 6 unspecified atom stereocenters. The lowest BCUT2D eigenvalue weighted by atomic mass is 9.66. The van der Waals surface area contributed by atoms with Gasteiger partial charge in [-0.25, -0.2) is 0 Å². The van der Waals surface area contributed by atoms with Crippen LogP contribution < -0.4 is 10.2 Å². The molecule has 0 amide bonds. The summed E-state index contributed by atoms with van der Waals surface area (Å²) in [7, 11) is 18.4. The number of ketones is 2. The van der Waals surface area contributed by atoms with Gasteiger partial charge in [0.1, 0.15) is 48.8 Å². The number of benzene rings is 2. The molecule has 8 saturated heterocycles. The lowest BCUT2D eigenvalue weighted by Crippen LogP contribution is -2.59. The molecule has 130 heavy (non-hydrogen) atoms. The van der Waals surface area contributed by atoms with Gasteiger partial charge in [-0.05, 0) is 279 Å². The lowest BCUT2D eigenvalue weighted by Gasteiger charge is -2.44. The lowest BCUT2D eigenvalue weighted by molar-refractivity contribution is -0.314. The van der Waals surface area contributed by atoms with Gasteiger partial charge >= 0.3 is 11.9 Å². The Kier molecular flexibility index (Phi) is 32.6. The maximum atomic E-state index is 15.3. The fraction of sp³-hybridized carbons (Fsp3) is 0.748. The van der Waals surface area contributed by atoms with E-state index in [0.29, 0.717) is 48.7 Å². The number of carbonyl (C=O) groups excluding carboxylic acids is 4. The van der Waals surface area contributed by atoms with Crippen LogP contribution in [0, 0.1) is 84.9 Å². The summed E-state index contributed by atoms with van der Waals surface area (Å²) < 4.78 is 102. The number of carbonyl (C=O) groups is 4. The molecule has 2 aromatic heterocycles. The maximum Gasteiger partial charge on any atom is 0.306 e. The van der Waals surface area contributed by atoms with Crippen molar-refractivity contribution in [2.45, 2.75) is 351 Å². The molecular formula is C103H151BrN6O20. The van der Waals surface area contributed by atoms with Crippen molar-refractivity contribution in [1.82, 2.24) is 25.1 Å². The number of methoxy groups -OCH3 is 6. The quantitative estimate of drug-likeness (QED) is 0.0674. The summed E-state index contributed by atoms with van der Waals surface area (Å²) in [6, 6.07) is 22.6. The molecule has 14 aliphatic rings. The molecule has 27 heteroatoms. The number of ether oxygens (including phenoxy) is 16. The van der Waals surface area contributed by atoms with Crippen LogP contribution in [-0.4, -0.2) is 273 Å². The Labute approximate surface area is 780 Å².